The van der Waals surface area contributed by atoms with Gasteiger partial charge in [0.1, 0.15) is 28.5 Å². The average molecular weight is 727 g/mol. The number of aromatic hydroxyl groups is 1. The number of unbranched alkanes of at least 4 members (excludes halogenated alkanes) is 2. The van der Waals surface area contributed by atoms with Crippen LogP contribution in [0.1, 0.15) is 70.9 Å². The van der Waals surface area contributed by atoms with E-state index in [0.29, 0.717) is 35.5 Å². The highest BCUT2D eigenvalue weighted by Gasteiger charge is 2.42. The zero-order chi connectivity index (χ0) is 36.5. The third kappa shape index (κ3) is 9.49. The number of fused-ring (bicyclic) bond motifs is 1. The summed E-state index contributed by atoms with van der Waals surface area (Å²) in [5, 5.41) is 23.9. The van der Waals surface area contributed by atoms with Gasteiger partial charge in [-0.1, -0.05) is 69.9 Å². The van der Waals surface area contributed by atoms with E-state index in [9.17, 15) is 33.0 Å². The Morgan fingerprint density at radius 2 is 1.64 bits per heavy atom. The van der Waals surface area contributed by atoms with Gasteiger partial charge < -0.3 is 30.5 Å². The Morgan fingerprint density at radius 1 is 1.00 bits per heavy atom. The molecule has 0 bridgehead atoms. The van der Waals surface area contributed by atoms with Crippen molar-refractivity contribution in [1.29, 1.82) is 0 Å². The van der Waals surface area contributed by atoms with E-state index in [1.165, 1.54) is 49.0 Å². The zero-order valence-electron chi connectivity index (χ0n) is 28.8. The molecule has 1 aliphatic rings. The first-order valence-electron chi connectivity index (χ1n) is 16.7. The molecule has 1 heterocycles. The van der Waals surface area contributed by atoms with Crippen LogP contribution in [0.3, 0.4) is 0 Å². The number of anilines is 2. The number of carboxylic acids is 1. The molecule has 12 nitrogen and oxygen atoms in total. The Balaban J connectivity index is 1.69. The summed E-state index contributed by atoms with van der Waals surface area (Å²) >= 11 is 1.34. The summed E-state index contributed by atoms with van der Waals surface area (Å²) in [5.41, 5.74) is 0.924. The van der Waals surface area contributed by atoms with Gasteiger partial charge in [0.15, 0.2) is 6.61 Å². The molecule has 2 atom stereocenters. The van der Waals surface area contributed by atoms with Crippen molar-refractivity contribution < 1.29 is 37.8 Å². The number of nitrogens with zero attached hydrogens (tertiary/aromatic N) is 1. The van der Waals surface area contributed by atoms with E-state index in [2.05, 4.69) is 29.2 Å². The third-order valence-corrected chi connectivity index (χ3v) is 11.0. The third-order valence-electron chi connectivity index (χ3n) is 8.60. The maximum atomic E-state index is 14.3. The fourth-order valence-electron chi connectivity index (χ4n) is 5.91. The van der Waals surface area contributed by atoms with E-state index >= 15 is 0 Å². The number of para-hydroxylation sites is 1. The molecule has 5 N–H and O–H groups in total. The molecule has 0 aliphatic carbocycles. The molecule has 3 aromatic carbocycles. The van der Waals surface area contributed by atoms with Crippen molar-refractivity contribution in [2.24, 2.45) is 0 Å². The molecule has 0 saturated carbocycles. The van der Waals surface area contributed by atoms with Crippen molar-refractivity contribution in [2.75, 3.05) is 24.3 Å². The van der Waals surface area contributed by atoms with Crippen molar-refractivity contribution >= 4 is 50.9 Å². The minimum atomic E-state index is -4.07. The van der Waals surface area contributed by atoms with Crippen molar-refractivity contribution in [2.45, 2.75) is 86.7 Å². The highest BCUT2D eigenvalue weighted by molar-refractivity contribution is 7.98. The Bertz CT molecular complexity index is 1750. The molecule has 2 amide bonds. The molecule has 0 radical (unpaired) electrons. The van der Waals surface area contributed by atoms with E-state index < -0.39 is 52.0 Å². The van der Waals surface area contributed by atoms with Gasteiger partial charge in [-0.3, -0.25) is 14.4 Å². The van der Waals surface area contributed by atoms with Crippen LogP contribution in [-0.2, 0) is 24.4 Å². The van der Waals surface area contributed by atoms with E-state index in [-0.39, 0.29) is 16.4 Å². The number of sulfonamides is 1. The zero-order valence-corrected chi connectivity index (χ0v) is 30.4. The summed E-state index contributed by atoms with van der Waals surface area (Å²) in [6.07, 6.45) is 6.69. The molecule has 270 valence electrons. The number of carbonyl (C=O) groups excluding carboxylic acids is 2. The first kappa shape index (κ1) is 38.5. The van der Waals surface area contributed by atoms with E-state index in [4.69, 9.17) is 4.74 Å². The topological polar surface area (TPSA) is 174 Å². The van der Waals surface area contributed by atoms with Gasteiger partial charge in [-0.2, -0.15) is 0 Å². The van der Waals surface area contributed by atoms with E-state index in [1.54, 1.807) is 6.07 Å². The Labute approximate surface area is 298 Å². The molecule has 0 saturated heterocycles. The van der Waals surface area contributed by atoms with Gasteiger partial charge in [-0.25, -0.2) is 13.1 Å². The SMILES string of the molecule is CCCCC1(CCCC)CN(c2ccccc2)c2cc(SC)c(OCC(=O)NC(C(=O)N[C@@H](C)C(=O)O)c3ccc(O)cc3)cc2S(=O)(=O)N1. The summed E-state index contributed by atoms with van der Waals surface area (Å²) in [7, 11) is -4.07. The lowest BCUT2D eigenvalue weighted by molar-refractivity contribution is -0.141. The van der Waals surface area contributed by atoms with E-state index in [1.807, 2.05) is 41.5 Å². The number of hydrogen-bond donors (Lipinski definition) is 5. The lowest BCUT2D eigenvalue weighted by atomic mass is 9.87. The van der Waals surface area contributed by atoms with Crippen LogP contribution in [0, 0.1) is 0 Å². The summed E-state index contributed by atoms with van der Waals surface area (Å²) in [6.45, 7) is 5.32. The summed E-state index contributed by atoms with van der Waals surface area (Å²) in [4.78, 5) is 40.4. The van der Waals surface area contributed by atoms with Crippen LogP contribution in [0.2, 0.25) is 0 Å². The predicted molar refractivity (Wildman–Crippen MR) is 193 cm³/mol. The van der Waals surface area contributed by atoms with Gasteiger partial charge in [0.25, 0.3) is 5.91 Å². The minimum absolute atomic E-state index is 0.0217. The number of benzene rings is 3. The number of amides is 2. The van der Waals surface area contributed by atoms with Gasteiger partial charge in [0.2, 0.25) is 15.9 Å². The first-order chi connectivity index (χ1) is 23.8. The molecule has 14 heteroatoms. The number of phenols is 1. The maximum absolute atomic E-state index is 14.3. The number of aliphatic carboxylic acids is 1. The highest BCUT2D eigenvalue weighted by Crippen LogP contribution is 2.44. The molecule has 1 aliphatic heterocycles. The summed E-state index contributed by atoms with van der Waals surface area (Å²) < 4.78 is 37.6. The number of rotatable bonds is 16. The van der Waals surface area contributed by atoms with Crippen molar-refractivity contribution in [1.82, 2.24) is 15.4 Å². The number of nitrogens with one attached hydrogen (secondary N) is 3. The second-order valence-corrected chi connectivity index (χ2v) is 14.9. The van der Waals surface area contributed by atoms with Gasteiger partial charge in [0.05, 0.1) is 16.1 Å². The summed E-state index contributed by atoms with van der Waals surface area (Å²) in [5.74, 6) is -2.63. The lowest BCUT2D eigenvalue weighted by Gasteiger charge is -2.37. The van der Waals surface area contributed by atoms with Crippen LogP contribution < -0.4 is 25.0 Å². The number of thioether (sulfide) groups is 1. The van der Waals surface area contributed by atoms with Gasteiger partial charge in [0, 0.05) is 18.3 Å². The number of carboxylic acid groups (broad SMARTS) is 1. The van der Waals surface area contributed by atoms with Crippen LogP contribution in [-0.4, -0.2) is 67.4 Å². The maximum Gasteiger partial charge on any atom is 0.325 e. The molecule has 0 spiro atoms. The minimum Gasteiger partial charge on any atom is -0.508 e. The standard InChI is InChI=1S/C36H46N4O8S2/c1-5-7-18-36(19-8-6-2)23-40(26-12-10-9-11-13-26)28-20-30(49-4)29(21-31(28)50(46,47)39-36)48-22-32(42)38-33(25-14-16-27(41)17-15-25)34(43)37-24(3)35(44)45/h9-17,20-21,24,33,39,41H,5-8,18-19,22-23H2,1-4H3,(H,37,43)(H,38,42)(H,44,45)/t24-,33?/m0/s1. The second-order valence-electron chi connectivity index (χ2n) is 12.4. The summed E-state index contributed by atoms with van der Waals surface area (Å²) in [6, 6.07) is 15.9. The lowest BCUT2D eigenvalue weighted by Crippen LogP contribution is -2.53. The number of carbonyl (C=O) groups is 3. The average Bonchev–Trinajstić information content (AvgIpc) is 3.19. The number of phenolic OH excluding ortho intramolecular Hbond substituents is 1. The Hall–Kier alpha value is -4.27. The highest BCUT2D eigenvalue weighted by atomic mass is 32.2. The predicted octanol–water partition coefficient (Wildman–Crippen LogP) is 5.49. The van der Waals surface area contributed by atoms with Crippen LogP contribution >= 0.6 is 11.8 Å². The van der Waals surface area contributed by atoms with Crippen molar-refractivity contribution in [3.63, 3.8) is 0 Å². The van der Waals surface area contributed by atoms with Crippen LogP contribution in [0.5, 0.6) is 11.5 Å². The molecule has 3 aromatic rings. The monoisotopic (exact) mass is 726 g/mol. The molecular formula is C36H46N4O8S2. The van der Waals surface area contributed by atoms with Gasteiger partial charge in [-0.05, 0) is 61.9 Å². The molecular weight excluding hydrogens is 681 g/mol. The normalized spacial score (nSPS) is 16.0. The molecule has 50 heavy (non-hydrogen) atoms. The van der Waals surface area contributed by atoms with Crippen molar-refractivity contribution in [3.8, 4) is 11.5 Å². The fraction of sp³-hybridized carbons (Fsp3) is 0.417. The van der Waals surface area contributed by atoms with E-state index in [0.717, 1.165) is 31.4 Å². The molecule has 4 rings (SSSR count). The van der Waals surface area contributed by atoms with Crippen LogP contribution in [0.4, 0.5) is 11.4 Å². The van der Waals surface area contributed by atoms with Crippen LogP contribution in [0.15, 0.2) is 76.5 Å². The Kier molecular flexibility index (Phi) is 13.2. The largest absolute Gasteiger partial charge is 0.508 e. The second kappa shape index (κ2) is 17.1. The molecule has 0 aromatic heterocycles. The molecule has 1 unspecified atom stereocenters. The first-order valence-corrected chi connectivity index (χ1v) is 19.4. The van der Waals surface area contributed by atoms with Crippen molar-refractivity contribution in [3.05, 3.63) is 72.3 Å². The number of ether oxygens (including phenoxy) is 1. The van der Waals surface area contributed by atoms with Crippen LogP contribution in [0.25, 0.3) is 0 Å². The van der Waals surface area contributed by atoms with Gasteiger partial charge in [-0.15, -0.1) is 11.8 Å². The van der Waals surface area contributed by atoms with Gasteiger partial charge >= 0.3 is 5.97 Å². The smallest absolute Gasteiger partial charge is 0.325 e. The molecule has 0 fully saturated rings. The fourth-order valence-corrected chi connectivity index (χ4v) is 8.12. The number of hydrogen-bond acceptors (Lipinski definition) is 9. The quantitative estimate of drug-likeness (QED) is 0.119. The Morgan fingerprint density at radius 3 is 2.22 bits per heavy atom.